The molecule has 1 saturated heterocycles. The topological polar surface area (TPSA) is 61.4 Å². The van der Waals surface area contributed by atoms with Gasteiger partial charge in [-0.15, -0.1) is 0 Å². The lowest BCUT2D eigenvalue weighted by atomic mass is 9.80. The molecule has 4 nitrogen and oxygen atoms in total. The number of carbonyl (C=O) groups is 1. The lowest BCUT2D eigenvalue weighted by Crippen LogP contribution is -2.49. The van der Waals surface area contributed by atoms with Crippen molar-refractivity contribution in [3.05, 3.63) is 0 Å². The molecular weight excluding hydrogens is 192 g/mol. The molecular formula is C11H20N2O2. The lowest BCUT2D eigenvalue weighted by molar-refractivity contribution is -0.121. The van der Waals surface area contributed by atoms with Crippen molar-refractivity contribution >= 4 is 5.91 Å². The van der Waals surface area contributed by atoms with Crippen LogP contribution in [0.15, 0.2) is 0 Å². The maximum atomic E-state index is 11.3. The number of hydrogen-bond donors (Lipinski definition) is 3. The second kappa shape index (κ2) is 4.49. The Morgan fingerprint density at radius 3 is 2.93 bits per heavy atom. The van der Waals surface area contributed by atoms with Crippen molar-refractivity contribution in [1.29, 1.82) is 0 Å². The summed E-state index contributed by atoms with van der Waals surface area (Å²) in [4.78, 5) is 11.3. The zero-order chi connectivity index (χ0) is 10.7. The summed E-state index contributed by atoms with van der Waals surface area (Å²) in [5, 5.41) is 16.1. The molecule has 1 aliphatic heterocycles. The zero-order valence-corrected chi connectivity index (χ0v) is 9.09. The van der Waals surface area contributed by atoms with E-state index in [1.54, 1.807) is 0 Å². The summed E-state index contributed by atoms with van der Waals surface area (Å²) in [6.45, 7) is 1.44. The molecule has 3 N–H and O–H groups in total. The van der Waals surface area contributed by atoms with Gasteiger partial charge in [0.15, 0.2) is 0 Å². The van der Waals surface area contributed by atoms with Crippen LogP contribution in [0.3, 0.4) is 0 Å². The molecule has 2 fully saturated rings. The van der Waals surface area contributed by atoms with Crippen molar-refractivity contribution in [2.24, 2.45) is 0 Å². The lowest BCUT2D eigenvalue weighted by Gasteiger charge is -2.37. The van der Waals surface area contributed by atoms with Crippen LogP contribution in [0, 0.1) is 0 Å². The molecule has 4 heteroatoms. The molecule has 2 aliphatic rings. The fourth-order valence-corrected chi connectivity index (χ4v) is 2.24. The van der Waals surface area contributed by atoms with Crippen LogP contribution in [0.1, 0.15) is 38.5 Å². The molecule has 1 atom stereocenters. The molecule has 0 aromatic heterocycles. The van der Waals surface area contributed by atoms with Gasteiger partial charge in [0.2, 0.25) is 5.91 Å². The summed E-state index contributed by atoms with van der Waals surface area (Å²) >= 11 is 0. The number of hydrogen-bond acceptors (Lipinski definition) is 3. The van der Waals surface area contributed by atoms with Gasteiger partial charge in [0.1, 0.15) is 0 Å². The molecule has 1 saturated carbocycles. The second-order valence-corrected chi connectivity index (χ2v) is 4.85. The minimum atomic E-state index is -0.483. The Labute approximate surface area is 90.4 Å². The van der Waals surface area contributed by atoms with E-state index in [1.807, 2.05) is 0 Å². The first-order chi connectivity index (χ1) is 7.18. The number of carbonyl (C=O) groups excluding carboxylic acids is 1. The first kappa shape index (κ1) is 10.9. The Hall–Kier alpha value is -0.610. The average molecular weight is 212 g/mol. The number of nitrogens with one attached hydrogen (secondary N) is 2. The fraction of sp³-hybridized carbons (Fsp3) is 0.909. The molecule has 1 unspecified atom stereocenters. The third kappa shape index (κ3) is 2.92. The van der Waals surface area contributed by atoms with Crippen LogP contribution in [-0.4, -0.2) is 35.7 Å². The van der Waals surface area contributed by atoms with E-state index in [0.717, 1.165) is 38.6 Å². The van der Waals surface area contributed by atoms with E-state index in [9.17, 15) is 9.90 Å². The highest BCUT2D eigenvalue weighted by Crippen LogP contribution is 2.30. The highest BCUT2D eigenvalue weighted by atomic mass is 16.3. The fourth-order valence-electron chi connectivity index (χ4n) is 2.24. The summed E-state index contributed by atoms with van der Waals surface area (Å²) < 4.78 is 0. The minimum absolute atomic E-state index is 0.130. The molecule has 1 amide bonds. The molecule has 0 spiro atoms. The molecule has 1 heterocycles. The van der Waals surface area contributed by atoms with Crippen LogP contribution in [0.25, 0.3) is 0 Å². The smallest absolute Gasteiger partial charge is 0.221 e. The third-order valence-electron chi connectivity index (χ3n) is 3.49. The molecule has 15 heavy (non-hydrogen) atoms. The monoisotopic (exact) mass is 212 g/mol. The summed E-state index contributed by atoms with van der Waals surface area (Å²) in [6, 6.07) is 0.247. The summed E-state index contributed by atoms with van der Waals surface area (Å²) in [7, 11) is 0. The van der Waals surface area contributed by atoms with Gasteiger partial charge in [-0.1, -0.05) is 0 Å². The van der Waals surface area contributed by atoms with Crippen molar-refractivity contribution in [2.75, 3.05) is 13.1 Å². The van der Waals surface area contributed by atoms with Crippen LogP contribution in [0.4, 0.5) is 0 Å². The van der Waals surface area contributed by atoms with Gasteiger partial charge >= 0.3 is 0 Å². The predicted molar refractivity (Wildman–Crippen MR) is 57.5 cm³/mol. The van der Waals surface area contributed by atoms with Crippen molar-refractivity contribution in [3.8, 4) is 0 Å². The van der Waals surface area contributed by atoms with Crippen LogP contribution in [0.5, 0.6) is 0 Å². The Bertz CT molecular complexity index is 239. The van der Waals surface area contributed by atoms with Crippen molar-refractivity contribution < 1.29 is 9.90 Å². The Morgan fingerprint density at radius 1 is 1.47 bits per heavy atom. The van der Waals surface area contributed by atoms with Gasteiger partial charge in [-0.05, 0) is 32.1 Å². The van der Waals surface area contributed by atoms with E-state index in [-0.39, 0.29) is 11.9 Å². The number of aliphatic hydroxyl groups is 1. The maximum absolute atomic E-state index is 11.3. The van der Waals surface area contributed by atoms with Crippen LogP contribution in [0.2, 0.25) is 0 Å². The number of rotatable bonds is 3. The van der Waals surface area contributed by atoms with Gasteiger partial charge in [-0.3, -0.25) is 4.79 Å². The number of amides is 1. The van der Waals surface area contributed by atoms with Crippen molar-refractivity contribution in [3.63, 3.8) is 0 Å². The van der Waals surface area contributed by atoms with E-state index in [0.29, 0.717) is 13.0 Å². The largest absolute Gasteiger partial charge is 0.389 e. The van der Waals surface area contributed by atoms with Gasteiger partial charge < -0.3 is 15.7 Å². The van der Waals surface area contributed by atoms with Gasteiger partial charge in [-0.25, -0.2) is 0 Å². The molecule has 0 aromatic carbocycles. The predicted octanol–water partition coefficient (Wildman–Crippen LogP) is 0.160. The van der Waals surface area contributed by atoms with Gasteiger partial charge in [0.25, 0.3) is 0 Å². The van der Waals surface area contributed by atoms with Gasteiger partial charge in [-0.2, -0.15) is 0 Å². The highest BCUT2D eigenvalue weighted by Gasteiger charge is 2.34. The summed E-state index contributed by atoms with van der Waals surface area (Å²) in [5.74, 6) is 0.130. The van der Waals surface area contributed by atoms with E-state index in [2.05, 4.69) is 10.6 Å². The summed E-state index contributed by atoms with van der Waals surface area (Å²) in [5.41, 5.74) is -0.483. The van der Waals surface area contributed by atoms with E-state index in [1.165, 1.54) is 0 Å². The molecule has 86 valence electrons. The normalized spacial score (nSPS) is 30.2. The summed E-state index contributed by atoms with van der Waals surface area (Å²) in [6.07, 6.45) is 5.54. The maximum Gasteiger partial charge on any atom is 0.221 e. The van der Waals surface area contributed by atoms with Crippen LogP contribution >= 0.6 is 0 Å². The Morgan fingerprint density at radius 2 is 2.27 bits per heavy atom. The Kier molecular flexibility index (Phi) is 3.26. The molecule has 0 radical (unpaired) electrons. The van der Waals surface area contributed by atoms with Gasteiger partial charge in [0, 0.05) is 25.6 Å². The standard InChI is InChI=1S/C11H20N2O2/c14-10-7-9(3-1-6-12-10)13-8-11(15)4-2-5-11/h9,13,15H,1-8H2,(H,12,14). The Balaban J connectivity index is 1.75. The van der Waals surface area contributed by atoms with Crippen LogP contribution < -0.4 is 10.6 Å². The quantitative estimate of drug-likeness (QED) is 0.624. The third-order valence-corrected chi connectivity index (χ3v) is 3.49. The van der Waals surface area contributed by atoms with Crippen molar-refractivity contribution in [2.45, 2.75) is 50.2 Å². The second-order valence-electron chi connectivity index (χ2n) is 4.85. The van der Waals surface area contributed by atoms with Gasteiger partial charge in [0.05, 0.1) is 5.60 Å². The van der Waals surface area contributed by atoms with Crippen molar-refractivity contribution in [1.82, 2.24) is 10.6 Å². The van der Waals surface area contributed by atoms with E-state index < -0.39 is 5.60 Å². The van der Waals surface area contributed by atoms with E-state index >= 15 is 0 Å². The van der Waals surface area contributed by atoms with E-state index in [4.69, 9.17) is 0 Å². The first-order valence-corrected chi connectivity index (χ1v) is 5.90. The molecule has 0 aromatic rings. The zero-order valence-electron chi connectivity index (χ0n) is 9.09. The molecule has 1 aliphatic carbocycles. The molecule has 2 rings (SSSR count). The average Bonchev–Trinajstić information content (AvgIpc) is 2.37. The SMILES string of the molecule is O=C1CC(NCC2(O)CCC2)CCCN1. The molecule has 0 bridgehead atoms. The minimum Gasteiger partial charge on any atom is -0.389 e. The van der Waals surface area contributed by atoms with Crippen LogP contribution in [-0.2, 0) is 4.79 Å². The highest BCUT2D eigenvalue weighted by molar-refractivity contribution is 5.76. The first-order valence-electron chi connectivity index (χ1n) is 5.90.